The fourth-order valence-electron chi connectivity index (χ4n) is 5.72. The fourth-order valence-corrected chi connectivity index (χ4v) is 5.72. The number of nitrogens with one attached hydrogen (secondary N) is 3. The van der Waals surface area contributed by atoms with Crippen LogP contribution in [0.1, 0.15) is 41.6 Å². The highest BCUT2D eigenvalue weighted by Crippen LogP contribution is 2.36. The fraction of sp³-hybridized carbons (Fsp3) is 0.306. The van der Waals surface area contributed by atoms with Crippen molar-refractivity contribution in [3.8, 4) is 0 Å². The predicted molar refractivity (Wildman–Crippen MR) is 171 cm³/mol. The van der Waals surface area contributed by atoms with Crippen molar-refractivity contribution in [1.29, 1.82) is 0 Å². The molecule has 11 heteroatoms. The molecule has 0 bridgehead atoms. The highest BCUT2D eigenvalue weighted by Gasteiger charge is 2.52. The summed E-state index contributed by atoms with van der Waals surface area (Å²) in [5, 5.41) is 4.79. The first-order chi connectivity index (χ1) is 22.9. The van der Waals surface area contributed by atoms with E-state index in [1.165, 1.54) is 6.92 Å². The summed E-state index contributed by atoms with van der Waals surface area (Å²) in [6.07, 6.45) is -5.03. The van der Waals surface area contributed by atoms with Gasteiger partial charge < -0.3 is 29.0 Å². The Labute approximate surface area is 272 Å². The number of hydrogen-bond acceptors (Lipinski definition) is 8. The second-order valence-corrected chi connectivity index (χ2v) is 11.5. The molecule has 6 rings (SSSR count). The molecule has 3 amide bonds. The summed E-state index contributed by atoms with van der Waals surface area (Å²) in [6, 6.07) is 31.1. The quantitative estimate of drug-likeness (QED) is 0.235. The zero-order valence-electron chi connectivity index (χ0n) is 26.0. The van der Waals surface area contributed by atoms with Crippen molar-refractivity contribution in [2.45, 2.75) is 63.5 Å². The van der Waals surface area contributed by atoms with Gasteiger partial charge in [0.05, 0.1) is 13.2 Å². The Hall–Kier alpha value is -4.65. The highest BCUT2D eigenvalue weighted by atomic mass is 16.8. The first-order valence-electron chi connectivity index (χ1n) is 15.5. The summed E-state index contributed by atoms with van der Waals surface area (Å²) < 4.78 is 31.3. The number of carbonyl (C=O) groups excluding carboxylic acids is 3. The minimum absolute atomic E-state index is 0.157. The zero-order valence-corrected chi connectivity index (χ0v) is 26.0. The maximum absolute atomic E-state index is 13.3. The summed E-state index contributed by atoms with van der Waals surface area (Å²) >= 11 is 0. The molecule has 47 heavy (non-hydrogen) atoms. The van der Waals surface area contributed by atoms with Crippen molar-refractivity contribution in [1.82, 2.24) is 16.2 Å². The molecule has 2 saturated heterocycles. The lowest BCUT2D eigenvalue weighted by Gasteiger charge is -2.49. The molecule has 11 nitrogen and oxygen atoms in total. The second kappa shape index (κ2) is 14.8. The van der Waals surface area contributed by atoms with Crippen molar-refractivity contribution in [3.05, 3.63) is 120 Å². The summed E-state index contributed by atoms with van der Waals surface area (Å²) in [4.78, 5) is 38.6. The number of carbonyl (C=O) groups is 3. The number of fused-ring (bicyclic) bond motifs is 2. The minimum atomic E-state index is -1.08. The monoisotopic (exact) mass is 639 g/mol. The van der Waals surface area contributed by atoms with E-state index in [2.05, 4.69) is 16.2 Å². The van der Waals surface area contributed by atoms with Gasteiger partial charge in [0.25, 0.3) is 11.8 Å². The molecule has 7 atom stereocenters. The van der Waals surface area contributed by atoms with Crippen LogP contribution in [0.4, 0.5) is 0 Å². The number of hydrogen-bond donors (Lipinski definition) is 3. The topological polar surface area (TPSA) is 133 Å². The van der Waals surface area contributed by atoms with E-state index in [-0.39, 0.29) is 19.1 Å². The van der Waals surface area contributed by atoms with E-state index in [1.807, 2.05) is 91.0 Å². The van der Waals surface area contributed by atoms with Gasteiger partial charge in [-0.3, -0.25) is 25.2 Å². The maximum atomic E-state index is 13.3. The van der Waals surface area contributed by atoms with Gasteiger partial charge in [0.1, 0.15) is 30.5 Å². The standard InChI is InChI=1S/C36H37N3O8/c1-22(33(41)38-39-34(42)28-18-17-25-13-9-10-16-27(25)19-28)45-32-30(37-23(2)40)36(43-20-24-11-5-3-6-12-24)46-29-21-44-35(47-31(29)32)26-14-7-4-8-15-26/h3-19,22,29-32,35-36H,20-21H2,1-2H3,(H,37,40)(H,38,41)(H,39,42). The van der Waals surface area contributed by atoms with E-state index in [1.54, 1.807) is 19.1 Å². The van der Waals surface area contributed by atoms with Gasteiger partial charge >= 0.3 is 0 Å². The zero-order chi connectivity index (χ0) is 32.8. The van der Waals surface area contributed by atoms with Gasteiger partial charge in [-0.2, -0.15) is 0 Å². The summed E-state index contributed by atoms with van der Waals surface area (Å²) in [5.41, 5.74) is 7.02. The third-order valence-corrected chi connectivity index (χ3v) is 8.08. The third kappa shape index (κ3) is 7.84. The molecular formula is C36H37N3O8. The Morgan fingerprint density at radius 2 is 1.55 bits per heavy atom. The molecule has 0 aromatic heterocycles. The van der Waals surface area contributed by atoms with Crippen LogP contribution >= 0.6 is 0 Å². The Morgan fingerprint density at radius 1 is 0.851 bits per heavy atom. The van der Waals surface area contributed by atoms with Crippen LogP contribution in [0.25, 0.3) is 10.8 Å². The maximum Gasteiger partial charge on any atom is 0.269 e. The van der Waals surface area contributed by atoms with E-state index >= 15 is 0 Å². The number of rotatable bonds is 9. The summed E-state index contributed by atoms with van der Waals surface area (Å²) in [7, 11) is 0. The molecule has 0 radical (unpaired) electrons. The normalized spacial score (nSPS) is 24.5. The van der Waals surface area contributed by atoms with Crippen LogP contribution in [0.5, 0.6) is 0 Å². The molecule has 0 saturated carbocycles. The van der Waals surface area contributed by atoms with Crippen molar-refractivity contribution < 1.29 is 38.1 Å². The van der Waals surface area contributed by atoms with Gasteiger partial charge in [-0.25, -0.2) is 0 Å². The highest BCUT2D eigenvalue weighted by molar-refractivity contribution is 5.99. The molecule has 2 fully saturated rings. The van der Waals surface area contributed by atoms with Crippen LogP contribution in [0, 0.1) is 0 Å². The van der Waals surface area contributed by atoms with E-state index in [0.717, 1.165) is 21.9 Å². The molecule has 0 spiro atoms. The van der Waals surface area contributed by atoms with Gasteiger partial charge in [-0.15, -0.1) is 0 Å². The van der Waals surface area contributed by atoms with Crippen LogP contribution in [-0.4, -0.2) is 61.1 Å². The SMILES string of the molecule is CC(=O)NC1C(OCc2ccccc2)OC2COC(c3ccccc3)OC2C1OC(C)C(=O)NNC(=O)c1ccc2ccccc2c1. The first-order valence-corrected chi connectivity index (χ1v) is 15.5. The molecule has 4 aromatic rings. The van der Waals surface area contributed by atoms with Crippen LogP contribution in [0.2, 0.25) is 0 Å². The van der Waals surface area contributed by atoms with Crippen LogP contribution in [0.15, 0.2) is 103 Å². The smallest absolute Gasteiger partial charge is 0.269 e. The predicted octanol–water partition coefficient (Wildman–Crippen LogP) is 3.94. The van der Waals surface area contributed by atoms with Crippen molar-refractivity contribution >= 4 is 28.5 Å². The Kier molecular flexibility index (Phi) is 10.2. The number of hydrazine groups is 1. The number of benzene rings is 4. The average Bonchev–Trinajstić information content (AvgIpc) is 3.10. The largest absolute Gasteiger partial charge is 0.360 e. The lowest BCUT2D eigenvalue weighted by Crippen LogP contribution is -2.68. The molecule has 244 valence electrons. The lowest BCUT2D eigenvalue weighted by molar-refractivity contribution is -0.351. The van der Waals surface area contributed by atoms with Crippen LogP contribution in [0.3, 0.4) is 0 Å². The van der Waals surface area contributed by atoms with E-state index < -0.39 is 54.9 Å². The van der Waals surface area contributed by atoms with Gasteiger partial charge in [0.15, 0.2) is 12.6 Å². The lowest BCUT2D eigenvalue weighted by atomic mass is 9.95. The second-order valence-electron chi connectivity index (χ2n) is 11.5. The average molecular weight is 640 g/mol. The van der Waals surface area contributed by atoms with E-state index in [4.69, 9.17) is 23.7 Å². The number of amides is 3. The van der Waals surface area contributed by atoms with E-state index in [9.17, 15) is 14.4 Å². The van der Waals surface area contributed by atoms with Crippen molar-refractivity contribution in [2.75, 3.05) is 6.61 Å². The van der Waals surface area contributed by atoms with Gasteiger partial charge in [0.2, 0.25) is 5.91 Å². The van der Waals surface area contributed by atoms with Crippen molar-refractivity contribution in [3.63, 3.8) is 0 Å². The van der Waals surface area contributed by atoms with Crippen molar-refractivity contribution in [2.24, 2.45) is 0 Å². The Bertz CT molecular complexity index is 1690. The Morgan fingerprint density at radius 3 is 2.30 bits per heavy atom. The van der Waals surface area contributed by atoms with Gasteiger partial charge in [-0.1, -0.05) is 91.0 Å². The van der Waals surface area contributed by atoms with E-state index in [0.29, 0.717) is 5.56 Å². The summed E-state index contributed by atoms with van der Waals surface area (Å²) in [6.45, 7) is 3.30. The molecule has 4 aromatic carbocycles. The third-order valence-electron chi connectivity index (χ3n) is 8.08. The molecule has 2 heterocycles. The Balaban J connectivity index is 1.19. The minimum Gasteiger partial charge on any atom is -0.360 e. The molecule has 7 unspecified atom stereocenters. The first kappa shape index (κ1) is 32.3. The molecular weight excluding hydrogens is 602 g/mol. The van der Waals surface area contributed by atoms with Gasteiger partial charge in [0, 0.05) is 18.1 Å². The molecule has 2 aliphatic rings. The van der Waals surface area contributed by atoms with Crippen LogP contribution in [-0.2, 0) is 39.9 Å². The summed E-state index contributed by atoms with van der Waals surface area (Å²) in [5.74, 6) is -1.42. The molecule has 0 aliphatic carbocycles. The number of ether oxygens (including phenoxy) is 5. The molecule has 3 N–H and O–H groups in total. The van der Waals surface area contributed by atoms with Gasteiger partial charge in [-0.05, 0) is 35.4 Å². The molecule has 2 aliphatic heterocycles. The van der Waals surface area contributed by atoms with Crippen LogP contribution < -0.4 is 16.2 Å².